The molecule has 0 saturated carbocycles. The maximum Gasteiger partial charge on any atom is 0.243 e. The van der Waals surface area contributed by atoms with Crippen molar-refractivity contribution in [3.8, 4) is 17.6 Å². The predicted molar refractivity (Wildman–Crippen MR) is 125 cm³/mol. The first kappa shape index (κ1) is 24.0. The Morgan fingerprint density at radius 2 is 1.97 bits per heavy atom. The standard InChI is InChI=1S/C25H27FN4O3/c1-17-13-19(11-12-21(17)26)29-25-20-14-18(23(33-2)15-22(20)27-16-28-25)9-7-5-3-4-6-8-10-24(31)30-32/h11-16,32H,3-6,8,10H2,1-2H3,(H,30,31)(H,27,28,29). The highest BCUT2D eigenvalue weighted by Gasteiger charge is 2.10. The van der Waals surface area contributed by atoms with Gasteiger partial charge in [0.2, 0.25) is 5.91 Å². The third-order valence-electron chi connectivity index (χ3n) is 5.18. The lowest BCUT2D eigenvalue weighted by atomic mass is 10.1. The van der Waals surface area contributed by atoms with E-state index in [9.17, 15) is 9.18 Å². The molecule has 0 fully saturated rings. The second-order valence-electron chi connectivity index (χ2n) is 7.63. The number of rotatable bonds is 9. The molecule has 0 radical (unpaired) electrons. The Morgan fingerprint density at radius 1 is 1.15 bits per heavy atom. The number of unbranched alkanes of at least 4 members (excludes halogenated alkanes) is 4. The van der Waals surface area contributed by atoms with Gasteiger partial charge in [-0.2, -0.15) is 0 Å². The molecule has 0 unspecified atom stereocenters. The van der Waals surface area contributed by atoms with Crippen LogP contribution in [0.25, 0.3) is 10.9 Å². The zero-order valence-electron chi connectivity index (χ0n) is 18.7. The van der Waals surface area contributed by atoms with Gasteiger partial charge in [0.15, 0.2) is 0 Å². The summed E-state index contributed by atoms with van der Waals surface area (Å²) in [6.07, 6.45) is 6.04. The summed E-state index contributed by atoms with van der Waals surface area (Å²) in [6.45, 7) is 1.71. The van der Waals surface area contributed by atoms with Crippen molar-refractivity contribution in [1.29, 1.82) is 0 Å². The van der Waals surface area contributed by atoms with Crippen LogP contribution in [0, 0.1) is 24.6 Å². The molecule has 3 aromatic rings. The number of hydrogen-bond acceptors (Lipinski definition) is 6. The number of aryl methyl sites for hydroxylation is 1. The van der Waals surface area contributed by atoms with Crippen molar-refractivity contribution >= 4 is 28.3 Å². The number of ether oxygens (including phenoxy) is 1. The number of benzene rings is 2. The molecule has 0 aliphatic heterocycles. The van der Waals surface area contributed by atoms with E-state index in [0.29, 0.717) is 29.1 Å². The first-order chi connectivity index (χ1) is 16.0. The van der Waals surface area contributed by atoms with Crippen molar-refractivity contribution in [2.24, 2.45) is 0 Å². The molecule has 1 amide bonds. The van der Waals surface area contributed by atoms with Crippen LogP contribution in [-0.2, 0) is 4.79 Å². The second-order valence-corrected chi connectivity index (χ2v) is 7.63. The number of aromatic nitrogens is 2. The molecule has 0 saturated heterocycles. The lowest BCUT2D eigenvalue weighted by molar-refractivity contribution is -0.129. The number of hydroxylamine groups is 1. The number of halogens is 1. The molecule has 0 spiro atoms. The van der Waals surface area contributed by atoms with E-state index < -0.39 is 0 Å². The van der Waals surface area contributed by atoms with Gasteiger partial charge in [0.1, 0.15) is 23.7 Å². The molecule has 0 aliphatic carbocycles. The zero-order chi connectivity index (χ0) is 23.6. The molecule has 7 nitrogen and oxygen atoms in total. The third kappa shape index (κ3) is 6.64. The average molecular weight is 451 g/mol. The number of nitrogens with one attached hydrogen (secondary N) is 2. The van der Waals surface area contributed by atoms with Crippen LogP contribution in [0.3, 0.4) is 0 Å². The van der Waals surface area contributed by atoms with E-state index in [1.165, 1.54) is 12.4 Å². The fourth-order valence-electron chi connectivity index (χ4n) is 3.38. The topological polar surface area (TPSA) is 96.4 Å². The predicted octanol–water partition coefficient (Wildman–Crippen LogP) is 5.03. The molecule has 0 aliphatic rings. The summed E-state index contributed by atoms with van der Waals surface area (Å²) in [4.78, 5) is 19.7. The van der Waals surface area contributed by atoms with Crippen molar-refractivity contribution in [1.82, 2.24) is 15.4 Å². The number of anilines is 2. The minimum Gasteiger partial charge on any atom is -0.495 e. The van der Waals surface area contributed by atoms with Crippen molar-refractivity contribution in [3.05, 3.63) is 53.6 Å². The van der Waals surface area contributed by atoms with E-state index >= 15 is 0 Å². The Balaban J connectivity index is 1.72. The number of amides is 1. The van der Waals surface area contributed by atoms with Crippen molar-refractivity contribution in [2.75, 3.05) is 12.4 Å². The van der Waals surface area contributed by atoms with Crippen LogP contribution in [0.5, 0.6) is 5.75 Å². The van der Waals surface area contributed by atoms with Crippen LogP contribution < -0.4 is 15.5 Å². The summed E-state index contributed by atoms with van der Waals surface area (Å²) in [5.41, 5.74) is 4.36. The van der Waals surface area contributed by atoms with E-state index in [4.69, 9.17) is 9.94 Å². The van der Waals surface area contributed by atoms with Gasteiger partial charge in [-0.3, -0.25) is 10.0 Å². The molecule has 1 aromatic heterocycles. The summed E-state index contributed by atoms with van der Waals surface area (Å²) >= 11 is 0. The zero-order valence-corrected chi connectivity index (χ0v) is 18.7. The number of fused-ring (bicyclic) bond motifs is 1. The largest absolute Gasteiger partial charge is 0.495 e. The Labute approximate surface area is 192 Å². The fraction of sp³-hybridized carbons (Fsp3) is 0.320. The fourth-order valence-corrected chi connectivity index (χ4v) is 3.38. The van der Waals surface area contributed by atoms with E-state index in [-0.39, 0.29) is 11.7 Å². The quantitative estimate of drug-likeness (QED) is 0.183. The van der Waals surface area contributed by atoms with E-state index in [0.717, 1.165) is 48.7 Å². The summed E-state index contributed by atoms with van der Waals surface area (Å²) in [6, 6.07) is 8.53. The molecule has 172 valence electrons. The summed E-state index contributed by atoms with van der Waals surface area (Å²) in [5.74, 6) is 6.98. The van der Waals surface area contributed by atoms with Gasteiger partial charge in [0.25, 0.3) is 0 Å². The highest BCUT2D eigenvalue weighted by atomic mass is 19.1. The van der Waals surface area contributed by atoms with Crippen molar-refractivity contribution in [2.45, 2.75) is 45.4 Å². The number of carbonyl (C=O) groups is 1. The van der Waals surface area contributed by atoms with Gasteiger partial charge in [-0.15, -0.1) is 0 Å². The number of hydrogen-bond donors (Lipinski definition) is 3. The van der Waals surface area contributed by atoms with Crippen LogP contribution in [-0.4, -0.2) is 28.2 Å². The highest BCUT2D eigenvalue weighted by molar-refractivity contribution is 5.93. The van der Waals surface area contributed by atoms with Gasteiger partial charge in [-0.05, 0) is 49.6 Å². The molecule has 33 heavy (non-hydrogen) atoms. The van der Waals surface area contributed by atoms with Crippen LogP contribution in [0.4, 0.5) is 15.9 Å². The number of carbonyl (C=O) groups excluding carboxylic acids is 1. The average Bonchev–Trinajstić information content (AvgIpc) is 2.82. The first-order valence-corrected chi connectivity index (χ1v) is 10.8. The third-order valence-corrected chi connectivity index (χ3v) is 5.18. The maximum absolute atomic E-state index is 13.6. The lowest BCUT2D eigenvalue weighted by Gasteiger charge is -2.11. The monoisotopic (exact) mass is 450 g/mol. The molecule has 3 rings (SSSR count). The van der Waals surface area contributed by atoms with Crippen molar-refractivity contribution < 1.29 is 19.1 Å². The van der Waals surface area contributed by atoms with Crippen molar-refractivity contribution in [3.63, 3.8) is 0 Å². The maximum atomic E-state index is 13.6. The normalized spacial score (nSPS) is 10.4. The lowest BCUT2D eigenvalue weighted by Crippen LogP contribution is -2.17. The van der Waals surface area contributed by atoms with Crippen LogP contribution in [0.15, 0.2) is 36.7 Å². The van der Waals surface area contributed by atoms with Gasteiger partial charge >= 0.3 is 0 Å². The smallest absolute Gasteiger partial charge is 0.243 e. The van der Waals surface area contributed by atoms with Crippen LogP contribution in [0.1, 0.15) is 49.7 Å². The second kappa shape index (κ2) is 11.8. The highest BCUT2D eigenvalue weighted by Crippen LogP contribution is 2.29. The SMILES string of the molecule is COc1cc2ncnc(Nc3ccc(F)c(C)c3)c2cc1C#CCCCCCCC(=O)NO. The van der Waals surface area contributed by atoms with Gasteiger partial charge in [0.05, 0.1) is 18.2 Å². The summed E-state index contributed by atoms with van der Waals surface area (Å²) in [5, 5.41) is 12.5. The molecule has 1 heterocycles. The first-order valence-electron chi connectivity index (χ1n) is 10.8. The number of nitrogens with zero attached hydrogens (tertiary/aromatic N) is 2. The van der Waals surface area contributed by atoms with Gasteiger partial charge in [-0.25, -0.2) is 19.8 Å². The summed E-state index contributed by atoms with van der Waals surface area (Å²) < 4.78 is 19.1. The van der Waals surface area contributed by atoms with E-state index in [2.05, 4.69) is 27.1 Å². The molecule has 0 bridgehead atoms. The minimum absolute atomic E-state index is 0.258. The molecular weight excluding hydrogens is 423 g/mol. The minimum atomic E-state index is -0.356. The molecule has 2 aromatic carbocycles. The molecule has 8 heteroatoms. The van der Waals surface area contributed by atoms with Gasteiger partial charge < -0.3 is 10.1 Å². The number of methoxy groups -OCH3 is 1. The Hall–Kier alpha value is -3.70. The Bertz CT molecular complexity index is 1190. The van der Waals surface area contributed by atoms with E-state index in [1.54, 1.807) is 31.6 Å². The molecular formula is C25H27FN4O3. The van der Waals surface area contributed by atoms with Gasteiger partial charge in [-0.1, -0.05) is 24.7 Å². The Morgan fingerprint density at radius 3 is 2.73 bits per heavy atom. The van der Waals surface area contributed by atoms with Gasteiger partial charge in [0, 0.05) is 30.0 Å². The van der Waals surface area contributed by atoms with Crippen LogP contribution in [0.2, 0.25) is 0 Å². The van der Waals surface area contributed by atoms with E-state index in [1.807, 2.05) is 12.1 Å². The Kier molecular flexibility index (Phi) is 8.56. The molecule has 0 atom stereocenters. The van der Waals surface area contributed by atoms with Crippen LogP contribution >= 0.6 is 0 Å². The summed E-state index contributed by atoms with van der Waals surface area (Å²) in [7, 11) is 1.59. The molecule has 3 N–H and O–H groups in total.